The van der Waals surface area contributed by atoms with Gasteiger partial charge in [-0.2, -0.15) is 0 Å². The summed E-state index contributed by atoms with van der Waals surface area (Å²) in [5.74, 6) is 0. The first kappa shape index (κ1) is 23.0. The molecule has 2 heteroatoms. The van der Waals surface area contributed by atoms with E-state index < -0.39 is 5.31 Å². The van der Waals surface area contributed by atoms with Gasteiger partial charge in [-0.1, -0.05) is 0 Å². The zero-order chi connectivity index (χ0) is 22.1. The first-order valence-electron chi connectivity index (χ1n) is 11.7. The summed E-state index contributed by atoms with van der Waals surface area (Å²) in [5, 5.41) is 1.50. The Kier molecular flexibility index (Phi) is 7.61. The summed E-state index contributed by atoms with van der Waals surface area (Å²) in [6.07, 6.45) is 7.29. The van der Waals surface area contributed by atoms with Crippen LogP contribution in [-0.4, -0.2) is 6.16 Å². The van der Waals surface area contributed by atoms with Crippen molar-refractivity contribution in [1.29, 1.82) is 0 Å². The second-order valence-electron chi connectivity index (χ2n) is 8.56. The van der Waals surface area contributed by atoms with Crippen molar-refractivity contribution >= 4 is 36.7 Å². The Balaban J connectivity index is 1.61. The summed E-state index contributed by atoms with van der Waals surface area (Å²) < 4.78 is 0. The Morgan fingerprint density at radius 1 is 0.438 bits per heavy atom. The topological polar surface area (TPSA) is 0 Å². The van der Waals surface area contributed by atoms with E-state index in [1.54, 1.807) is 0 Å². The predicted molar refractivity (Wildman–Crippen MR) is 148 cm³/mol. The van der Waals surface area contributed by atoms with Gasteiger partial charge in [-0.3, -0.25) is 0 Å². The van der Waals surface area contributed by atoms with E-state index in [9.17, 15) is 0 Å². The van der Waals surface area contributed by atoms with Crippen molar-refractivity contribution in [3.05, 3.63) is 127 Å². The average molecular weight is 503 g/mol. The molecule has 4 aromatic rings. The Hall–Kier alpha value is -2.21. The minimum atomic E-state index is -2.75. The number of hydrogen-bond donors (Lipinski definition) is 0. The van der Waals surface area contributed by atoms with Crippen molar-refractivity contribution in [3.63, 3.8) is 0 Å². The maximum absolute atomic E-state index is 4.55. The Morgan fingerprint density at radius 3 is 1.25 bits per heavy atom. The maximum atomic E-state index is 4.55. The quantitative estimate of drug-likeness (QED) is 0.154. The van der Waals surface area contributed by atoms with Crippen LogP contribution in [0.4, 0.5) is 0 Å². The molecule has 0 fully saturated rings. The van der Waals surface area contributed by atoms with Gasteiger partial charge in [0.05, 0.1) is 0 Å². The van der Waals surface area contributed by atoms with E-state index >= 15 is 0 Å². The van der Waals surface area contributed by atoms with Crippen molar-refractivity contribution in [2.45, 2.75) is 32.1 Å². The third kappa shape index (κ3) is 4.75. The van der Waals surface area contributed by atoms with Crippen molar-refractivity contribution in [1.82, 2.24) is 0 Å². The summed E-state index contributed by atoms with van der Waals surface area (Å²) in [6.45, 7) is 0. The number of hydrogen-bond acceptors (Lipinski definition) is 0. The van der Waals surface area contributed by atoms with E-state index in [4.69, 9.17) is 0 Å². The monoisotopic (exact) mass is 502 g/mol. The van der Waals surface area contributed by atoms with Crippen molar-refractivity contribution in [2.24, 2.45) is 0 Å². The molecule has 0 atom stereocenters. The molecule has 164 valence electrons. The van der Waals surface area contributed by atoms with Crippen LogP contribution in [0.2, 0.25) is 0 Å². The summed E-state index contributed by atoms with van der Waals surface area (Å²) in [5.41, 5.74) is 1.45. The predicted octanol–water partition coefficient (Wildman–Crippen LogP) is 7.63. The third-order valence-electron chi connectivity index (χ3n) is 6.52. The van der Waals surface area contributed by atoms with Gasteiger partial charge in [0.25, 0.3) is 0 Å². The molecule has 0 heterocycles. The van der Waals surface area contributed by atoms with Crippen LogP contribution in [0.25, 0.3) is 0 Å². The van der Waals surface area contributed by atoms with E-state index in [0.29, 0.717) is 0 Å². The number of unbranched alkanes of at least 4 members (excludes halogenated alkanes) is 3. The standard InChI is InChI=1S/C30H32BrP/c31-32(28-20-10-4-11-21-28,29-22-12-5-13-23-29,30-24-14-6-15-25-30)26-16-2-1-7-17-27-18-8-3-9-19-27/h3-6,8-15,18-25H,1-2,7,16-17,26H2. The molecule has 0 amide bonds. The molecule has 0 aromatic heterocycles. The molecule has 0 aliphatic heterocycles. The van der Waals surface area contributed by atoms with Gasteiger partial charge >= 0.3 is 202 Å². The first-order chi connectivity index (χ1) is 15.7. The molecule has 0 aliphatic carbocycles. The molecule has 0 saturated carbocycles. The van der Waals surface area contributed by atoms with Crippen molar-refractivity contribution in [2.75, 3.05) is 6.16 Å². The van der Waals surface area contributed by atoms with Gasteiger partial charge in [-0.15, -0.1) is 0 Å². The van der Waals surface area contributed by atoms with Gasteiger partial charge in [-0.25, -0.2) is 0 Å². The molecular formula is C30H32BrP. The molecule has 0 N–H and O–H groups in total. The normalized spacial score (nSPS) is 12.7. The molecule has 0 unspecified atom stereocenters. The average Bonchev–Trinajstić information content (AvgIpc) is 2.88. The number of benzene rings is 4. The zero-order valence-electron chi connectivity index (χ0n) is 18.6. The van der Waals surface area contributed by atoms with Crippen LogP contribution in [0, 0.1) is 0 Å². The van der Waals surface area contributed by atoms with Gasteiger partial charge in [0.15, 0.2) is 0 Å². The van der Waals surface area contributed by atoms with Gasteiger partial charge in [0.1, 0.15) is 0 Å². The molecule has 0 radical (unpaired) electrons. The van der Waals surface area contributed by atoms with Crippen LogP contribution < -0.4 is 15.9 Å². The van der Waals surface area contributed by atoms with Gasteiger partial charge in [0, 0.05) is 0 Å². The van der Waals surface area contributed by atoms with E-state index in [0.717, 1.165) is 6.16 Å². The van der Waals surface area contributed by atoms with Crippen LogP contribution in [0.1, 0.15) is 31.2 Å². The molecule has 0 aliphatic rings. The summed E-state index contributed by atoms with van der Waals surface area (Å²) >= 11 is 4.55. The molecule has 4 rings (SSSR count). The van der Waals surface area contributed by atoms with Crippen LogP contribution in [0.15, 0.2) is 121 Å². The fraction of sp³-hybridized carbons (Fsp3) is 0.200. The van der Waals surface area contributed by atoms with Crippen LogP contribution in [-0.2, 0) is 6.42 Å². The second kappa shape index (κ2) is 10.6. The molecule has 0 spiro atoms. The van der Waals surface area contributed by atoms with E-state index in [1.807, 2.05) is 0 Å². The van der Waals surface area contributed by atoms with Gasteiger partial charge in [-0.05, 0) is 0 Å². The number of aryl methyl sites for hydroxylation is 1. The van der Waals surface area contributed by atoms with Crippen LogP contribution in [0.5, 0.6) is 0 Å². The SMILES string of the molecule is BrP(CCCCCCc1ccccc1)(c1ccccc1)(c1ccccc1)c1ccccc1. The molecule has 32 heavy (non-hydrogen) atoms. The van der Waals surface area contributed by atoms with E-state index in [-0.39, 0.29) is 0 Å². The Bertz CT molecular complexity index is 979. The fourth-order valence-electron chi connectivity index (χ4n) is 4.79. The van der Waals surface area contributed by atoms with Crippen molar-refractivity contribution < 1.29 is 0 Å². The fourth-order valence-corrected chi connectivity index (χ4v) is 12.5. The second-order valence-corrected chi connectivity index (χ2v) is 17.6. The Morgan fingerprint density at radius 2 is 0.812 bits per heavy atom. The number of rotatable bonds is 10. The molecular weight excluding hydrogens is 471 g/mol. The first-order valence-corrected chi connectivity index (χ1v) is 16.1. The molecule has 0 saturated heterocycles. The van der Waals surface area contributed by atoms with Crippen LogP contribution >= 0.6 is 20.8 Å². The zero-order valence-corrected chi connectivity index (χ0v) is 21.1. The number of halogens is 1. The minimum absolute atomic E-state index is 1.13. The van der Waals surface area contributed by atoms with E-state index in [1.165, 1.54) is 53.6 Å². The Labute approximate surface area is 201 Å². The van der Waals surface area contributed by atoms with Gasteiger partial charge < -0.3 is 0 Å². The molecule has 0 bridgehead atoms. The summed E-state index contributed by atoms with van der Waals surface area (Å²) in [7, 11) is 0. The summed E-state index contributed by atoms with van der Waals surface area (Å²) in [4.78, 5) is 0. The van der Waals surface area contributed by atoms with Crippen LogP contribution in [0.3, 0.4) is 0 Å². The third-order valence-corrected chi connectivity index (χ3v) is 16.6. The molecule has 0 nitrogen and oxygen atoms in total. The summed E-state index contributed by atoms with van der Waals surface area (Å²) in [6, 6.07) is 44.3. The molecule has 4 aromatic carbocycles. The van der Waals surface area contributed by atoms with Crippen molar-refractivity contribution in [3.8, 4) is 0 Å². The van der Waals surface area contributed by atoms with E-state index in [2.05, 4.69) is 137 Å². The van der Waals surface area contributed by atoms with Gasteiger partial charge in [0.2, 0.25) is 0 Å².